The van der Waals surface area contributed by atoms with E-state index in [2.05, 4.69) is 10.1 Å². The Kier molecular flexibility index (Phi) is 3.99. The number of esters is 1. The van der Waals surface area contributed by atoms with E-state index in [9.17, 15) is 4.79 Å². The Morgan fingerprint density at radius 2 is 2.12 bits per heavy atom. The SMILES string of the molecule is O=C(OCc1cc(Cl)c2c(c1)OCO2)c1cc(-c2ccccn2)no1. The maximum Gasteiger partial charge on any atom is 0.377 e. The second-order valence-electron chi connectivity index (χ2n) is 5.18. The van der Waals surface area contributed by atoms with E-state index in [0.717, 1.165) is 0 Å². The van der Waals surface area contributed by atoms with Gasteiger partial charge in [0.05, 0.1) is 10.7 Å². The average molecular weight is 359 g/mol. The van der Waals surface area contributed by atoms with Crippen molar-refractivity contribution in [3.8, 4) is 22.9 Å². The highest BCUT2D eigenvalue weighted by molar-refractivity contribution is 6.32. The largest absolute Gasteiger partial charge is 0.455 e. The van der Waals surface area contributed by atoms with Gasteiger partial charge in [0.1, 0.15) is 12.3 Å². The number of carbonyl (C=O) groups is 1. The number of fused-ring (bicyclic) bond motifs is 1. The maximum absolute atomic E-state index is 12.1. The fourth-order valence-corrected chi connectivity index (χ4v) is 2.62. The first kappa shape index (κ1) is 15.5. The molecule has 7 nitrogen and oxygen atoms in total. The molecule has 0 saturated carbocycles. The van der Waals surface area contributed by atoms with E-state index in [4.69, 9.17) is 30.3 Å². The zero-order chi connectivity index (χ0) is 17.2. The van der Waals surface area contributed by atoms with Crippen LogP contribution in [-0.2, 0) is 11.3 Å². The molecule has 3 heterocycles. The minimum atomic E-state index is -0.636. The topological polar surface area (TPSA) is 83.7 Å². The van der Waals surface area contributed by atoms with Crippen molar-refractivity contribution in [1.82, 2.24) is 10.1 Å². The molecule has 1 aromatic carbocycles. The standard InChI is InChI=1S/C17H11ClN2O5/c18-11-5-10(6-14-16(11)24-9-23-14)8-22-17(21)15-7-13(20-25-15)12-3-1-2-4-19-12/h1-7H,8-9H2. The summed E-state index contributed by atoms with van der Waals surface area (Å²) in [4.78, 5) is 16.3. The third-order valence-electron chi connectivity index (χ3n) is 3.50. The lowest BCUT2D eigenvalue weighted by atomic mass is 10.2. The molecular formula is C17H11ClN2O5. The van der Waals surface area contributed by atoms with Crippen molar-refractivity contribution < 1.29 is 23.5 Å². The lowest BCUT2D eigenvalue weighted by Crippen LogP contribution is -2.04. The highest BCUT2D eigenvalue weighted by Gasteiger charge is 2.20. The lowest BCUT2D eigenvalue weighted by molar-refractivity contribution is 0.0425. The Labute approximate surface area is 147 Å². The van der Waals surface area contributed by atoms with Crippen molar-refractivity contribution >= 4 is 17.6 Å². The van der Waals surface area contributed by atoms with E-state index in [1.54, 1.807) is 30.5 Å². The van der Waals surface area contributed by atoms with Crippen molar-refractivity contribution in [2.75, 3.05) is 6.79 Å². The number of pyridine rings is 1. The Bertz CT molecular complexity index is 926. The summed E-state index contributed by atoms with van der Waals surface area (Å²) in [6.45, 7) is 0.126. The Morgan fingerprint density at radius 1 is 1.20 bits per heavy atom. The molecule has 1 aliphatic heterocycles. The molecule has 0 aliphatic carbocycles. The summed E-state index contributed by atoms with van der Waals surface area (Å²) >= 11 is 6.10. The Balaban J connectivity index is 1.45. The molecule has 0 saturated heterocycles. The van der Waals surface area contributed by atoms with Crippen LogP contribution in [0.25, 0.3) is 11.4 Å². The average Bonchev–Trinajstić information content (AvgIpc) is 3.30. The number of nitrogens with zero attached hydrogens (tertiary/aromatic N) is 2. The molecule has 0 atom stereocenters. The van der Waals surface area contributed by atoms with Crippen LogP contribution in [0, 0.1) is 0 Å². The van der Waals surface area contributed by atoms with Gasteiger partial charge in [-0.05, 0) is 29.8 Å². The Hall–Kier alpha value is -3.06. The van der Waals surface area contributed by atoms with E-state index < -0.39 is 5.97 Å². The third-order valence-corrected chi connectivity index (χ3v) is 3.78. The van der Waals surface area contributed by atoms with E-state index in [1.807, 2.05) is 6.07 Å². The number of aromatic nitrogens is 2. The minimum absolute atomic E-state index is 0.00695. The van der Waals surface area contributed by atoms with Gasteiger partial charge in [0.25, 0.3) is 0 Å². The fourth-order valence-electron chi connectivity index (χ4n) is 2.33. The van der Waals surface area contributed by atoms with Crippen LogP contribution >= 0.6 is 11.6 Å². The van der Waals surface area contributed by atoms with Crippen molar-refractivity contribution in [3.05, 3.63) is 58.9 Å². The molecule has 0 spiro atoms. The summed E-state index contributed by atoms with van der Waals surface area (Å²) in [5.41, 5.74) is 1.73. The molecule has 2 aromatic heterocycles. The van der Waals surface area contributed by atoms with Gasteiger partial charge in [0.2, 0.25) is 12.6 Å². The number of carbonyl (C=O) groups excluding carboxylic acids is 1. The molecule has 4 rings (SSSR count). The highest BCUT2D eigenvalue weighted by atomic mass is 35.5. The number of halogens is 1. The van der Waals surface area contributed by atoms with E-state index in [0.29, 0.717) is 33.5 Å². The van der Waals surface area contributed by atoms with Gasteiger partial charge in [0, 0.05) is 12.3 Å². The molecule has 0 amide bonds. The highest BCUT2D eigenvalue weighted by Crippen LogP contribution is 2.39. The lowest BCUT2D eigenvalue weighted by Gasteiger charge is -2.05. The summed E-state index contributed by atoms with van der Waals surface area (Å²) in [6.07, 6.45) is 1.63. The molecule has 126 valence electrons. The van der Waals surface area contributed by atoms with Gasteiger partial charge in [-0.15, -0.1) is 0 Å². The third kappa shape index (κ3) is 3.14. The summed E-state index contributed by atoms with van der Waals surface area (Å²) in [5, 5.41) is 4.23. The fraction of sp³-hybridized carbons (Fsp3) is 0.118. The van der Waals surface area contributed by atoms with Crippen molar-refractivity contribution in [1.29, 1.82) is 0 Å². The predicted molar refractivity (Wildman–Crippen MR) is 86.4 cm³/mol. The number of rotatable bonds is 4. The van der Waals surface area contributed by atoms with Gasteiger partial charge in [0.15, 0.2) is 11.5 Å². The number of hydrogen-bond acceptors (Lipinski definition) is 7. The summed E-state index contributed by atoms with van der Waals surface area (Å²) in [7, 11) is 0. The number of hydrogen-bond donors (Lipinski definition) is 0. The van der Waals surface area contributed by atoms with Crippen LogP contribution in [0.5, 0.6) is 11.5 Å². The van der Waals surface area contributed by atoms with Crippen LogP contribution in [0.2, 0.25) is 5.02 Å². The molecule has 0 fully saturated rings. The quantitative estimate of drug-likeness (QED) is 0.660. The van der Waals surface area contributed by atoms with Crippen LogP contribution in [-0.4, -0.2) is 22.9 Å². The van der Waals surface area contributed by atoms with Gasteiger partial charge < -0.3 is 18.7 Å². The van der Waals surface area contributed by atoms with Gasteiger partial charge in [-0.2, -0.15) is 0 Å². The van der Waals surface area contributed by atoms with E-state index >= 15 is 0 Å². The van der Waals surface area contributed by atoms with Crippen LogP contribution in [0.4, 0.5) is 0 Å². The molecule has 0 bridgehead atoms. The van der Waals surface area contributed by atoms with Crippen LogP contribution in [0.1, 0.15) is 16.1 Å². The first-order valence-electron chi connectivity index (χ1n) is 7.34. The maximum atomic E-state index is 12.1. The van der Waals surface area contributed by atoms with Gasteiger partial charge in [-0.1, -0.05) is 22.8 Å². The van der Waals surface area contributed by atoms with E-state index in [1.165, 1.54) is 6.07 Å². The molecule has 3 aromatic rings. The molecule has 8 heteroatoms. The second kappa shape index (κ2) is 6.45. The zero-order valence-electron chi connectivity index (χ0n) is 12.8. The van der Waals surface area contributed by atoms with Crippen molar-refractivity contribution in [2.24, 2.45) is 0 Å². The van der Waals surface area contributed by atoms with Crippen LogP contribution in [0.3, 0.4) is 0 Å². The molecular weight excluding hydrogens is 348 g/mol. The monoisotopic (exact) mass is 358 g/mol. The molecule has 0 unspecified atom stereocenters. The normalized spacial score (nSPS) is 12.2. The van der Waals surface area contributed by atoms with Gasteiger partial charge >= 0.3 is 5.97 Å². The summed E-state index contributed by atoms with van der Waals surface area (Å²) in [5.74, 6) is 0.374. The van der Waals surface area contributed by atoms with Gasteiger partial charge in [-0.25, -0.2) is 4.79 Å². The first-order valence-corrected chi connectivity index (χ1v) is 7.72. The minimum Gasteiger partial charge on any atom is -0.455 e. The van der Waals surface area contributed by atoms with Crippen LogP contribution in [0.15, 0.2) is 47.1 Å². The summed E-state index contributed by atoms with van der Waals surface area (Å²) < 4.78 is 20.8. The molecule has 1 aliphatic rings. The van der Waals surface area contributed by atoms with Crippen molar-refractivity contribution in [3.63, 3.8) is 0 Å². The number of benzene rings is 1. The Morgan fingerprint density at radius 3 is 2.96 bits per heavy atom. The van der Waals surface area contributed by atoms with Gasteiger partial charge in [-0.3, -0.25) is 4.98 Å². The van der Waals surface area contributed by atoms with E-state index in [-0.39, 0.29) is 19.2 Å². The molecule has 0 N–H and O–H groups in total. The zero-order valence-corrected chi connectivity index (χ0v) is 13.5. The van der Waals surface area contributed by atoms with Crippen LogP contribution < -0.4 is 9.47 Å². The molecule has 0 radical (unpaired) electrons. The first-order chi connectivity index (χ1) is 12.2. The summed E-state index contributed by atoms with van der Waals surface area (Å²) in [6, 6.07) is 10.2. The van der Waals surface area contributed by atoms with Crippen molar-refractivity contribution in [2.45, 2.75) is 6.61 Å². The predicted octanol–water partition coefficient (Wildman–Crippen LogP) is 3.48. The molecule has 25 heavy (non-hydrogen) atoms. The number of ether oxygens (including phenoxy) is 3. The smallest absolute Gasteiger partial charge is 0.377 e. The second-order valence-corrected chi connectivity index (χ2v) is 5.59.